The molecule has 0 bridgehead atoms. The van der Waals surface area contributed by atoms with Crippen LogP contribution in [0.15, 0.2) is 96.6 Å². The summed E-state index contributed by atoms with van der Waals surface area (Å²) in [5.41, 5.74) is 10.9. The molecule has 3 aromatic carbocycles. The van der Waals surface area contributed by atoms with Gasteiger partial charge < -0.3 is 43.0 Å². The molecule has 6 aromatic rings. The Balaban J connectivity index is 0.000000122. The van der Waals surface area contributed by atoms with E-state index in [0.29, 0.717) is 44.2 Å². The number of carboxylic acid groups (broad SMARTS) is 1. The van der Waals surface area contributed by atoms with Crippen LogP contribution in [0.3, 0.4) is 0 Å². The minimum absolute atomic E-state index is 0.0885. The summed E-state index contributed by atoms with van der Waals surface area (Å²) in [5.74, 6) is 3.87. The summed E-state index contributed by atoms with van der Waals surface area (Å²) >= 11 is 3.69. The number of hydrogen-bond acceptors (Lipinski definition) is 11. The van der Waals surface area contributed by atoms with Gasteiger partial charge >= 0.3 is 17.9 Å². The Kier molecular flexibility index (Phi) is 13.6. The average molecular weight is 1010 g/mol. The Morgan fingerprint density at radius 1 is 0.543 bits per heavy atom. The highest BCUT2D eigenvalue weighted by molar-refractivity contribution is 9.10. The third-order valence-electron chi connectivity index (χ3n) is 14.9. The summed E-state index contributed by atoms with van der Waals surface area (Å²) < 4.78 is 16.7. The largest absolute Gasteiger partial charge is 0.476 e. The predicted molar refractivity (Wildman–Crippen MR) is 271 cm³/mol. The molecule has 0 radical (unpaired) electrons. The average Bonchev–Trinajstić information content (AvgIpc) is 3.98. The van der Waals surface area contributed by atoms with Crippen molar-refractivity contribution in [3.63, 3.8) is 0 Å². The van der Waals surface area contributed by atoms with Crippen molar-refractivity contribution in [2.24, 2.45) is 35.5 Å². The first kappa shape index (κ1) is 47.3. The van der Waals surface area contributed by atoms with E-state index in [4.69, 9.17) is 14.6 Å². The van der Waals surface area contributed by atoms with Crippen molar-refractivity contribution in [1.82, 2.24) is 28.7 Å². The van der Waals surface area contributed by atoms with Gasteiger partial charge in [-0.15, -0.1) is 0 Å². The number of piperidine rings is 3. The number of fused-ring (bicyclic) bond motifs is 3. The second-order valence-electron chi connectivity index (χ2n) is 20.0. The maximum Gasteiger partial charge on any atom is 0.358 e. The third-order valence-corrected chi connectivity index (χ3v) is 15.6. The monoisotopic (exact) mass is 1010 g/mol. The van der Waals surface area contributed by atoms with Crippen LogP contribution in [0.5, 0.6) is 0 Å². The third kappa shape index (κ3) is 11.0. The van der Waals surface area contributed by atoms with Crippen molar-refractivity contribution >= 4 is 50.9 Å². The number of aryl methyl sites for hydroxylation is 2. The van der Waals surface area contributed by atoms with E-state index in [0.717, 1.165) is 45.5 Å². The van der Waals surface area contributed by atoms with Crippen molar-refractivity contribution in [3.05, 3.63) is 142 Å². The lowest BCUT2D eigenvalue weighted by Crippen LogP contribution is -2.21. The number of halogens is 1. The zero-order chi connectivity index (χ0) is 48.6. The number of carboxylic acids is 1. The Bertz CT molecular complexity index is 2730. The quantitative estimate of drug-likeness (QED) is 0.104. The number of aromatic carboxylic acids is 1. The zero-order valence-electron chi connectivity index (χ0n) is 40.4. The number of imidazole rings is 3. The molecular weight excluding hydrogens is 951 g/mol. The van der Waals surface area contributed by atoms with Gasteiger partial charge in [-0.05, 0) is 147 Å². The standard InChI is InChI=1S/C19H23N3O2.C18H20BrN3O2.C17H19N3O2/c1-3-24-19(23)18-11-21(12-20-18)8-14-4-5-17(6-13(14)2)22-9-15-7-16(15)10-22;1-2-24-18(23)17-10-21(11-20-17)7-12-3-4-15(6-16(12)19)22-8-13-5-14(13)9-22;1-11-4-15(20-7-13-5-14(13)8-20)3-2-12(11)6-19-9-16(17(21)22)18-10-19/h4-6,11-12,15-16H,3,7-10H2,1-2H3;3-4,6,10-11,13-14H,2,5,7-9H2,1H3;2-4,9-10,13-14H,5-8H2,1H3,(H,21,22). The van der Waals surface area contributed by atoms with E-state index in [1.807, 2.05) is 13.7 Å². The molecule has 3 saturated heterocycles. The molecule has 6 atom stereocenters. The molecule has 12 rings (SSSR count). The molecule has 6 fully saturated rings. The van der Waals surface area contributed by atoms with Gasteiger partial charge in [-0.25, -0.2) is 29.3 Å². The van der Waals surface area contributed by atoms with Crippen molar-refractivity contribution in [2.75, 3.05) is 67.2 Å². The van der Waals surface area contributed by atoms with E-state index in [9.17, 15) is 14.4 Å². The van der Waals surface area contributed by atoms with Crippen LogP contribution in [0.25, 0.3) is 0 Å². The summed E-state index contributed by atoms with van der Waals surface area (Å²) in [6.45, 7) is 17.8. The zero-order valence-corrected chi connectivity index (χ0v) is 42.0. The van der Waals surface area contributed by atoms with E-state index < -0.39 is 5.97 Å². The lowest BCUT2D eigenvalue weighted by molar-refractivity contribution is 0.0510. The number of anilines is 3. The first-order valence-electron chi connectivity index (χ1n) is 24.7. The van der Waals surface area contributed by atoms with Gasteiger partial charge in [0.15, 0.2) is 17.1 Å². The predicted octanol–water partition coefficient (Wildman–Crippen LogP) is 8.59. The molecule has 6 aliphatic rings. The molecule has 1 N–H and O–H groups in total. The van der Waals surface area contributed by atoms with E-state index >= 15 is 0 Å². The van der Waals surface area contributed by atoms with Crippen LogP contribution < -0.4 is 14.7 Å². The fourth-order valence-corrected chi connectivity index (χ4v) is 10.9. The molecule has 70 heavy (non-hydrogen) atoms. The molecule has 6 heterocycles. The summed E-state index contributed by atoms with van der Waals surface area (Å²) in [4.78, 5) is 53.9. The Hall–Kier alpha value is -6.42. The van der Waals surface area contributed by atoms with Crippen LogP contribution in [0, 0.1) is 49.4 Å². The molecule has 3 saturated carbocycles. The highest BCUT2D eigenvalue weighted by atomic mass is 79.9. The number of aromatic nitrogens is 6. The second-order valence-corrected chi connectivity index (χ2v) is 20.9. The molecule has 15 nitrogen and oxygen atoms in total. The SMILES string of the molecule is CCOC(=O)c1cn(Cc2ccc(N3CC4CC4C3)cc2Br)cn1.CCOC(=O)c1cn(Cc2ccc(N3CC4CC4C3)cc2C)cn1.Cc1cc(N2CC3CC3C2)ccc1Cn1cnc(C(=O)O)c1. The van der Waals surface area contributed by atoms with Crippen molar-refractivity contribution in [3.8, 4) is 0 Å². The Morgan fingerprint density at radius 2 is 0.886 bits per heavy atom. The first-order chi connectivity index (χ1) is 33.9. The van der Waals surface area contributed by atoms with E-state index in [-0.39, 0.29) is 17.6 Å². The van der Waals surface area contributed by atoms with Crippen molar-refractivity contribution in [1.29, 1.82) is 0 Å². The maximum atomic E-state index is 11.7. The molecule has 6 unspecified atom stereocenters. The normalized spacial score (nSPS) is 22.0. The summed E-state index contributed by atoms with van der Waals surface area (Å²) in [6, 6.07) is 19.8. The molecule has 3 aliphatic heterocycles. The second kappa shape index (κ2) is 20.1. The smallest absolute Gasteiger partial charge is 0.358 e. The molecular formula is C54H62BrN9O6. The van der Waals surface area contributed by atoms with Gasteiger partial charge in [-0.1, -0.05) is 34.1 Å². The summed E-state index contributed by atoms with van der Waals surface area (Å²) in [7, 11) is 0. The number of esters is 2. The lowest BCUT2D eigenvalue weighted by Gasteiger charge is -2.21. The number of benzene rings is 3. The Morgan fingerprint density at radius 3 is 1.23 bits per heavy atom. The minimum atomic E-state index is -0.988. The molecule has 0 spiro atoms. The first-order valence-corrected chi connectivity index (χ1v) is 25.5. The molecule has 3 aliphatic carbocycles. The number of ether oxygens (including phenoxy) is 2. The molecule has 366 valence electrons. The fraction of sp³-hybridized carbons (Fsp3) is 0.444. The van der Waals surface area contributed by atoms with Gasteiger partial charge in [-0.2, -0.15) is 0 Å². The number of carbonyl (C=O) groups excluding carboxylic acids is 2. The van der Waals surface area contributed by atoms with Gasteiger partial charge in [0.2, 0.25) is 0 Å². The highest BCUT2D eigenvalue weighted by Gasteiger charge is 2.46. The molecule has 16 heteroatoms. The number of rotatable bonds is 14. The fourth-order valence-electron chi connectivity index (χ4n) is 10.5. The minimum Gasteiger partial charge on any atom is -0.476 e. The molecule has 0 amide bonds. The van der Waals surface area contributed by atoms with Crippen LogP contribution in [0.2, 0.25) is 0 Å². The van der Waals surface area contributed by atoms with Crippen LogP contribution in [0.4, 0.5) is 17.1 Å². The van der Waals surface area contributed by atoms with Gasteiger partial charge in [0.25, 0.3) is 0 Å². The van der Waals surface area contributed by atoms with Gasteiger partial charge in [0.1, 0.15) is 0 Å². The van der Waals surface area contributed by atoms with E-state index in [2.05, 4.69) is 114 Å². The van der Waals surface area contributed by atoms with Gasteiger partial charge in [0, 0.05) is 99.0 Å². The highest BCUT2D eigenvalue weighted by Crippen LogP contribution is 2.48. The van der Waals surface area contributed by atoms with Gasteiger partial charge in [-0.3, -0.25) is 0 Å². The topological polar surface area (TPSA) is 153 Å². The van der Waals surface area contributed by atoms with Crippen LogP contribution in [-0.4, -0.2) is 104 Å². The number of nitrogens with zero attached hydrogens (tertiary/aromatic N) is 9. The number of hydrogen-bond donors (Lipinski definition) is 1. The summed E-state index contributed by atoms with van der Waals surface area (Å²) in [6.07, 6.45) is 14.2. The maximum absolute atomic E-state index is 11.7. The van der Waals surface area contributed by atoms with Crippen LogP contribution >= 0.6 is 15.9 Å². The van der Waals surface area contributed by atoms with Crippen molar-refractivity contribution < 1.29 is 29.0 Å². The van der Waals surface area contributed by atoms with E-state index in [1.165, 1.54) is 97.8 Å². The van der Waals surface area contributed by atoms with Crippen LogP contribution in [0.1, 0.15) is 92.4 Å². The van der Waals surface area contributed by atoms with E-state index in [1.54, 1.807) is 51.4 Å². The van der Waals surface area contributed by atoms with Crippen molar-refractivity contribution in [2.45, 2.75) is 66.6 Å². The number of carbonyl (C=O) groups is 3. The van der Waals surface area contributed by atoms with Gasteiger partial charge in [0.05, 0.1) is 32.2 Å². The summed E-state index contributed by atoms with van der Waals surface area (Å²) in [5, 5.41) is 8.92. The lowest BCUT2D eigenvalue weighted by atomic mass is 10.1. The van der Waals surface area contributed by atoms with Crippen LogP contribution in [-0.2, 0) is 29.1 Å². The Labute approximate surface area is 417 Å². The molecule has 3 aromatic heterocycles.